The number of anilines is 1. The zero-order chi connectivity index (χ0) is 15.7. The predicted molar refractivity (Wildman–Crippen MR) is 83.7 cm³/mol. The molecule has 1 aliphatic carbocycles. The number of nitrogens with zero attached hydrogens (tertiary/aromatic N) is 2. The molecule has 0 saturated heterocycles. The summed E-state index contributed by atoms with van der Waals surface area (Å²) in [6, 6.07) is 1.54. The number of pyridine rings is 1. The van der Waals surface area contributed by atoms with Gasteiger partial charge in [0.05, 0.1) is 12.2 Å². The summed E-state index contributed by atoms with van der Waals surface area (Å²) in [5.74, 6) is 1.14. The lowest BCUT2D eigenvalue weighted by Gasteiger charge is -2.07. The Hall–Kier alpha value is -2.08. The van der Waals surface area contributed by atoms with E-state index in [1.807, 2.05) is 13.8 Å². The molecule has 22 heavy (non-hydrogen) atoms. The number of nitrogens with one attached hydrogen (secondary N) is 2. The minimum atomic E-state index is -0.297. The van der Waals surface area contributed by atoms with Crippen molar-refractivity contribution < 1.29 is 9.53 Å². The van der Waals surface area contributed by atoms with Gasteiger partial charge in [-0.25, -0.2) is 4.98 Å². The van der Waals surface area contributed by atoms with Crippen LogP contribution in [0.4, 0.5) is 5.82 Å². The fourth-order valence-electron chi connectivity index (χ4n) is 2.27. The molecule has 2 N–H and O–H groups in total. The number of hydrogen-bond donors (Lipinski definition) is 2. The Balaban J connectivity index is 1.75. The molecule has 0 bridgehead atoms. The van der Waals surface area contributed by atoms with Crippen LogP contribution in [0.15, 0.2) is 12.3 Å². The van der Waals surface area contributed by atoms with Crippen LogP contribution in [0.3, 0.4) is 0 Å². The minimum absolute atomic E-state index is 0.297. The molecule has 1 fully saturated rings. The number of carbonyl (C=O) groups is 1. The van der Waals surface area contributed by atoms with Gasteiger partial charge >= 0.3 is 0 Å². The molecule has 3 rings (SSSR count). The lowest BCUT2D eigenvalue weighted by Crippen LogP contribution is -2.13. The summed E-state index contributed by atoms with van der Waals surface area (Å²) in [6.45, 7) is 4.27. The number of H-pyrrole nitrogens is 1. The number of aromatic amines is 1. The van der Waals surface area contributed by atoms with Gasteiger partial charge in [-0.2, -0.15) is 5.10 Å². The fraction of sp³-hybridized carbons (Fsp3) is 0.400. The van der Waals surface area contributed by atoms with Crippen LogP contribution in [0.25, 0.3) is 0 Å². The zero-order valence-electron chi connectivity index (χ0n) is 12.4. The Labute approximate surface area is 133 Å². The lowest BCUT2D eigenvalue weighted by molar-refractivity contribution is 0.102. The molecule has 0 unspecified atom stereocenters. The summed E-state index contributed by atoms with van der Waals surface area (Å²) < 4.78 is 5.25. The highest BCUT2D eigenvalue weighted by Crippen LogP contribution is 2.41. The van der Waals surface area contributed by atoms with Gasteiger partial charge in [0, 0.05) is 23.4 Å². The summed E-state index contributed by atoms with van der Waals surface area (Å²) in [4.78, 5) is 16.3. The van der Waals surface area contributed by atoms with Crippen molar-refractivity contribution in [3.05, 3.63) is 34.1 Å². The second-order valence-electron chi connectivity index (χ2n) is 5.28. The van der Waals surface area contributed by atoms with Crippen LogP contribution in [-0.4, -0.2) is 27.7 Å². The summed E-state index contributed by atoms with van der Waals surface area (Å²) in [6.07, 6.45) is 3.79. The first kappa shape index (κ1) is 14.8. The van der Waals surface area contributed by atoms with Gasteiger partial charge in [-0.1, -0.05) is 11.6 Å². The standard InChI is InChI=1S/C15H17ClN4O2/c1-3-22-15-11(16)6-10(7-17-15)14(21)18-13-8(2)12(19-20-13)9-4-5-9/h6-7,9H,3-5H2,1-2H3,(H2,18,19,20,21). The van der Waals surface area contributed by atoms with Gasteiger partial charge in [0.1, 0.15) is 5.02 Å². The van der Waals surface area contributed by atoms with E-state index in [1.54, 1.807) is 6.07 Å². The summed E-state index contributed by atoms with van der Waals surface area (Å²) in [5, 5.41) is 10.3. The van der Waals surface area contributed by atoms with Crippen molar-refractivity contribution in [3.63, 3.8) is 0 Å². The lowest BCUT2D eigenvalue weighted by atomic mass is 10.2. The van der Waals surface area contributed by atoms with Crippen molar-refractivity contribution in [1.29, 1.82) is 0 Å². The molecule has 0 aromatic carbocycles. The molecule has 0 atom stereocenters. The molecule has 2 aromatic heterocycles. The highest BCUT2D eigenvalue weighted by molar-refractivity contribution is 6.32. The molecule has 2 heterocycles. The van der Waals surface area contributed by atoms with E-state index in [0.717, 1.165) is 11.3 Å². The molecule has 7 heteroatoms. The highest BCUT2D eigenvalue weighted by Gasteiger charge is 2.28. The maximum Gasteiger partial charge on any atom is 0.258 e. The van der Waals surface area contributed by atoms with Crippen LogP contribution in [-0.2, 0) is 0 Å². The van der Waals surface area contributed by atoms with Gasteiger partial charge in [0.15, 0.2) is 5.82 Å². The van der Waals surface area contributed by atoms with Gasteiger partial charge in [0.2, 0.25) is 5.88 Å². The first-order chi connectivity index (χ1) is 10.6. The number of rotatable bonds is 5. The van der Waals surface area contributed by atoms with Crippen molar-refractivity contribution in [1.82, 2.24) is 15.2 Å². The number of halogens is 1. The van der Waals surface area contributed by atoms with Crippen LogP contribution in [0.2, 0.25) is 5.02 Å². The van der Waals surface area contributed by atoms with Gasteiger partial charge in [-0.15, -0.1) is 0 Å². The molecular weight excluding hydrogens is 304 g/mol. The van der Waals surface area contributed by atoms with E-state index in [2.05, 4.69) is 20.5 Å². The van der Waals surface area contributed by atoms with E-state index >= 15 is 0 Å². The minimum Gasteiger partial charge on any atom is -0.477 e. The number of ether oxygens (including phenoxy) is 1. The third kappa shape index (κ3) is 2.92. The van der Waals surface area contributed by atoms with E-state index in [-0.39, 0.29) is 5.91 Å². The molecule has 1 aliphatic rings. The Bertz CT molecular complexity index is 710. The molecule has 0 spiro atoms. The van der Waals surface area contributed by atoms with E-state index in [0.29, 0.717) is 34.8 Å². The first-order valence-corrected chi connectivity index (χ1v) is 7.62. The molecule has 2 aromatic rings. The molecule has 1 saturated carbocycles. The topological polar surface area (TPSA) is 79.9 Å². The predicted octanol–water partition coefficient (Wildman–Crippen LogP) is 3.29. The first-order valence-electron chi connectivity index (χ1n) is 7.24. The second kappa shape index (κ2) is 5.96. The van der Waals surface area contributed by atoms with Crippen molar-refractivity contribution in [2.75, 3.05) is 11.9 Å². The van der Waals surface area contributed by atoms with Crippen molar-refractivity contribution in [3.8, 4) is 5.88 Å². The normalized spacial score (nSPS) is 14.0. The van der Waals surface area contributed by atoms with Crippen LogP contribution in [0, 0.1) is 6.92 Å². The maximum atomic E-state index is 12.3. The average molecular weight is 321 g/mol. The zero-order valence-corrected chi connectivity index (χ0v) is 13.2. The van der Waals surface area contributed by atoms with Crippen molar-refractivity contribution in [2.24, 2.45) is 0 Å². The third-order valence-corrected chi connectivity index (χ3v) is 3.89. The Morgan fingerprint density at radius 1 is 1.55 bits per heavy atom. The summed E-state index contributed by atoms with van der Waals surface area (Å²) >= 11 is 6.05. The molecule has 0 radical (unpaired) electrons. The molecule has 6 nitrogen and oxygen atoms in total. The van der Waals surface area contributed by atoms with Gasteiger partial charge in [-0.05, 0) is 32.8 Å². The maximum absolute atomic E-state index is 12.3. The van der Waals surface area contributed by atoms with Gasteiger partial charge in [0.25, 0.3) is 5.91 Å². The monoisotopic (exact) mass is 320 g/mol. The summed E-state index contributed by atoms with van der Waals surface area (Å²) in [7, 11) is 0. The van der Waals surface area contributed by atoms with E-state index < -0.39 is 0 Å². The Morgan fingerprint density at radius 2 is 2.32 bits per heavy atom. The van der Waals surface area contributed by atoms with E-state index in [4.69, 9.17) is 16.3 Å². The van der Waals surface area contributed by atoms with E-state index in [1.165, 1.54) is 19.0 Å². The Kier molecular flexibility index (Phi) is 4.02. The number of carbonyl (C=O) groups excluding carboxylic acids is 1. The molecule has 1 amide bonds. The third-order valence-electron chi connectivity index (χ3n) is 3.62. The average Bonchev–Trinajstić information content (AvgIpc) is 3.27. The summed E-state index contributed by atoms with van der Waals surface area (Å²) in [5.41, 5.74) is 2.46. The quantitative estimate of drug-likeness (QED) is 0.885. The van der Waals surface area contributed by atoms with Gasteiger partial charge < -0.3 is 10.1 Å². The Morgan fingerprint density at radius 3 is 2.95 bits per heavy atom. The number of amides is 1. The van der Waals surface area contributed by atoms with Crippen LogP contribution in [0.1, 0.15) is 47.3 Å². The van der Waals surface area contributed by atoms with Crippen molar-refractivity contribution in [2.45, 2.75) is 32.6 Å². The number of aromatic nitrogens is 3. The van der Waals surface area contributed by atoms with Crippen LogP contribution < -0.4 is 10.1 Å². The van der Waals surface area contributed by atoms with Gasteiger partial charge in [-0.3, -0.25) is 9.89 Å². The molecular formula is C15H17ClN4O2. The second-order valence-corrected chi connectivity index (χ2v) is 5.69. The SMILES string of the molecule is CCOc1ncc(C(=O)Nc2n[nH]c(C3CC3)c2C)cc1Cl. The smallest absolute Gasteiger partial charge is 0.258 e. The van der Waals surface area contributed by atoms with Crippen molar-refractivity contribution >= 4 is 23.3 Å². The number of hydrogen-bond acceptors (Lipinski definition) is 4. The van der Waals surface area contributed by atoms with Crippen LogP contribution >= 0.6 is 11.6 Å². The highest BCUT2D eigenvalue weighted by atomic mass is 35.5. The van der Waals surface area contributed by atoms with Crippen LogP contribution in [0.5, 0.6) is 5.88 Å². The largest absolute Gasteiger partial charge is 0.477 e. The van der Waals surface area contributed by atoms with E-state index in [9.17, 15) is 4.79 Å². The fourth-order valence-corrected chi connectivity index (χ4v) is 2.50. The molecule has 116 valence electrons. The molecule has 0 aliphatic heterocycles.